The van der Waals surface area contributed by atoms with Crippen molar-refractivity contribution in [2.24, 2.45) is 0 Å². The van der Waals surface area contributed by atoms with Gasteiger partial charge in [0.1, 0.15) is 11.7 Å². The summed E-state index contributed by atoms with van der Waals surface area (Å²) in [4.78, 5) is 37.7. The second-order valence-electron chi connectivity index (χ2n) is 8.81. The highest BCUT2D eigenvalue weighted by atomic mass is 16.5. The third-order valence-electron chi connectivity index (χ3n) is 6.50. The predicted molar refractivity (Wildman–Crippen MR) is 139 cm³/mol. The zero-order valence-corrected chi connectivity index (χ0v) is 21.3. The van der Waals surface area contributed by atoms with E-state index in [0.29, 0.717) is 28.5 Å². The first-order valence-electron chi connectivity index (χ1n) is 12.3. The summed E-state index contributed by atoms with van der Waals surface area (Å²) in [6.07, 6.45) is 9.41. The molecule has 194 valence electrons. The van der Waals surface area contributed by atoms with Gasteiger partial charge < -0.3 is 19.5 Å². The van der Waals surface area contributed by atoms with Crippen LogP contribution in [-0.2, 0) is 4.79 Å². The van der Waals surface area contributed by atoms with Gasteiger partial charge in [-0.3, -0.25) is 19.5 Å². The Kier molecular flexibility index (Phi) is 8.56. The van der Waals surface area contributed by atoms with Crippen molar-refractivity contribution in [1.82, 2.24) is 15.3 Å². The number of amides is 2. The average Bonchev–Trinajstić information content (AvgIpc) is 2.96. The molecule has 0 aliphatic heterocycles. The SMILES string of the molecule is COc1cc([C@@H](C(=O)NC2CCCCC2)N(C(=O)c2cnccn2)c2ccccc2)cc(OC)c1OC. The average molecular weight is 505 g/mol. The second kappa shape index (κ2) is 12.2. The molecule has 1 aliphatic carbocycles. The van der Waals surface area contributed by atoms with Gasteiger partial charge >= 0.3 is 0 Å². The molecule has 1 saturated carbocycles. The van der Waals surface area contributed by atoms with Crippen LogP contribution in [0.4, 0.5) is 5.69 Å². The molecule has 9 nitrogen and oxygen atoms in total. The van der Waals surface area contributed by atoms with Gasteiger partial charge in [-0.15, -0.1) is 0 Å². The van der Waals surface area contributed by atoms with Crippen molar-refractivity contribution in [1.29, 1.82) is 0 Å². The van der Waals surface area contributed by atoms with Crippen LogP contribution in [0.2, 0.25) is 0 Å². The number of methoxy groups -OCH3 is 3. The van der Waals surface area contributed by atoms with Crippen molar-refractivity contribution >= 4 is 17.5 Å². The number of rotatable bonds is 9. The van der Waals surface area contributed by atoms with Crippen molar-refractivity contribution in [3.05, 3.63) is 72.3 Å². The van der Waals surface area contributed by atoms with Gasteiger partial charge in [0, 0.05) is 24.1 Å². The summed E-state index contributed by atoms with van der Waals surface area (Å²) in [6.45, 7) is 0. The molecular formula is C28H32N4O5. The van der Waals surface area contributed by atoms with E-state index < -0.39 is 11.9 Å². The molecule has 0 bridgehead atoms. The van der Waals surface area contributed by atoms with Crippen LogP contribution >= 0.6 is 0 Å². The smallest absolute Gasteiger partial charge is 0.279 e. The molecule has 37 heavy (non-hydrogen) atoms. The molecule has 1 aromatic heterocycles. The molecule has 3 aromatic rings. The first-order chi connectivity index (χ1) is 18.1. The Hall–Kier alpha value is -4.14. The molecule has 4 rings (SSSR count). The van der Waals surface area contributed by atoms with E-state index >= 15 is 0 Å². The number of ether oxygens (including phenoxy) is 3. The van der Waals surface area contributed by atoms with E-state index in [1.165, 1.54) is 44.8 Å². The number of hydrogen-bond donors (Lipinski definition) is 1. The molecule has 9 heteroatoms. The molecule has 1 atom stereocenters. The normalized spacial score (nSPS) is 14.4. The van der Waals surface area contributed by atoms with Crippen LogP contribution in [0.5, 0.6) is 17.2 Å². The van der Waals surface area contributed by atoms with E-state index in [4.69, 9.17) is 14.2 Å². The maximum absolute atomic E-state index is 14.1. The van der Waals surface area contributed by atoms with Crippen LogP contribution in [0.25, 0.3) is 0 Å². The molecule has 2 amide bonds. The topological polar surface area (TPSA) is 103 Å². The zero-order chi connectivity index (χ0) is 26.2. The van der Waals surface area contributed by atoms with Crippen LogP contribution < -0.4 is 24.4 Å². The third kappa shape index (κ3) is 5.82. The quantitative estimate of drug-likeness (QED) is 0.462. The summed E-state index contributed by atoms with van der Waals surface area (Å²) >= 11 is 0. The second-order valence-corrected chi connectivity index (χ2v) is 8.81. The minimum absolute atomic E-state index is 0.0371. The van der Waals surface area contributed by atoms with Crippen molar-refractivity contribution < 1.29 is 23.8 Å². The van der Waals surface area contributed by atoms with Gasteiger partial charge in [0.25, 0.3) is 5.91 Å². The molecule has 1 aliphatic rings. The highest BCUT2D eigenvalue weighted by Crippen LogP contribution is 2.42. The summed E-state index contributed by atoms with van der Waals surface area (Å²) in [5.41, 5.74) is 1.16. The predicted octanol–water partition coefficient (Wildman–Crippen LogP) is 4.34. The lowest BCUT2D eigenvalue weighted by molar-refractivity contribution is -0.123. The van der Waals surface area contributed by atoms with Gasteiger partial charge in [-0.05, 0) is 42.7 Å². The number of hydrogen-bond acceptors (Lipinski definition) is 7. The first kappa shape index (κ1) is 25.9. The Labute approximate surface area is 216 Å². The van der Waals surface area contributed by atoms with Gasteiger partial charge in [0.05, 0.1) is 27.5 Å². The van der Waals surface area contributed by atoms with Gasteiger partial charge in [-0.2, -0.15) is 0 Å². The van der Waals surface area contributed by atoms with E-state index in [-0.39, 0.29) is 17.6 Å². The Bertz CT molecular complexity index is 1170. The van der Waals surface area contributed by atoms with E-state index in [9.17, 15) is 9.59 Å². The molecular weight excluding hydrogens is 472 g/mol. The van der Waals surface area contributed by atoms with Crippen LogP contribution in [0.3, 0.4) is 0 Å². The van der Waals surface area contributed by atoms with Crippen LogP contribution in [0.15, 0.2) is 61.1 Å². The lowest BCUT2D eigenvalue weighted by Gasteiger charge is -2.33. The molecule has 0 saturated heterocycles. The molecule has 1 heterocycles. The van der Waals surface area contributed by atoms with Gasteiger partial charge in [-0.1, -0.05) is 37.5 Å². The summed E-state index contributed by atoms with van der Waals surface area (Å²) in [6, 6.07) is 11.4. The highest BCUT2D eigenvalue weighted by molar-refractivity contribution is 6.09. The molecule has 1 N–H and O–H groups in total. The number of nitrogens with zero attached hydrogens (tertiary/aromatic N) is 3. The van der Waals surface area contributed by atoms with E-state index in [1.54, 1.807) is 24.3 Å². The number of para-hydroxylation sites is 1. The van der Waals surface area contributed by atoms with Crippen molar-refractivity contribution in [2.75, 3.05) is 26.2 Å². The van der Waals surface area contributed by atoms with Crippen molar-refractivity contribution in [3.63, 3.8) is 0 Å². The fourth-order valence-corrected chi connectivity index (χ4v) is 4.71. The minimum Gasteiger partial charge on any atom is -0.493 e. The van der Waals surface area contributed by atoms with Crippen LogP contribution in [0, 0.1) is 0 Å². The standard InChI is InChI=1S/C28H32N4O5/c1-35-23-16-19(17-24(36-2)26(23)37-3)25(27(33)31-20-10-6-4-7-11-20)32(21-12-8-5-9-13-21)28(34)22-18-29-14-15-30-22/h5,8-9,12-18,20,25H,4,6-7,10-11H2,1-3H3,(H,31,33)/t25-/m0/s1. The molecule has 0 spiro atoms. The number of anilines is 1. The number of carbonyl (C=O) groups excluding carboxylic acids is 2. The summed E-state index contributed by atoms with van der Waals surface area (Å²) in [7, 11) is 4.54. The fourth-order valence-electron chi connectivity index (χ4n) is 4.71. The van der Waals surface area contributed by atoms with E-state index in [0.717, 1.165) is 32.1 Å². The van der Waals surface area contributed by atoms with Crippen molar-refractivity contribution in [2.45, 2.75) is 44.2 Å². The van der Waals surface area contributed by atoms with Gasteiger partial charge in [0.15, 0.2) is 11.5 Å². The molecule has 1 fully saturated rings. The van der Waals surface area contributed by atoms with Crippen LogP contribution in [0.1, 0.15) is 54.2 Å². The summed E-state index contributed by atoms with van der Waals surface area (Å²) in [5.74, 6) is 0.394. The van der Waals surface area contributed by atoms with E-state index in [1.807, 2.05) is 18.2 Å². The zero-order valence-electron chi connectivity index (χ0n) is 21.3. The largest absolute Gasteiger partial charge is 0.493 e. The van der Waals surface area contributed by atoms with Gasteiger partial charge in [-0.25, -0.2) is 4.98 Å². The fraction of sp³-hybridized carbons (Fsp3) is 0.357. The Morgan fingerprint density at radius 2 is 1.62 bits per heavy atom. The third-order valence-corrected chi connectivity index (χ3v) is 6.50. The van der Waals surface area contributed by atoms with Gasteiger partial charge in [0.2, 0.25) is 11.7 Å². The number of nitrogens with one attached hydrogen (secondary N) is 1. The highest BCUT2D eigenvalue weighted by Gasteiger charge is 2.36. The molecule has 0 unspecified atom stereocenters. The maximum atomic E-state index is 14.1. The van der Waals surface area contributed by atoms with Crippen LogP contribution in [-0.4, -0.2) is 49.2 Å². The first-order valence-corrected chi connectivity index (χ1v) is 12.3. The number of benzene rings is 2. The number of carbonyl (C=O) groups is 2. The van der Waals surface area contributed by atoms with Crippen molar-refractivity contribution in [3.8, 4) is 17.2 Å². The summed E-state index contributed by atoms with van der Waals surface area (Å²) in [5, 5.41) is 3.20. The monoisotopic (exact) mass is 504 g/mol. The Morgan fingerprint density at radius 3 is 2.19 bits per heavy atom. The summed E-state index contributed by atoms with van der Waals surface area (Å²) < 4.78 is 16.6. The van der Waals surface area contributed by atoms with E-state index in [2.05, 4.69) is 15.3 Å². The molecule has 2 aromatic carbocycles. The maximum Gasteiger partial charge on any atom is 0.279 e. The lowest BCUT2D eigenvalue weighted by Crippen LogP contribution is -2.47. The lowest BCUT2D eigenvalue weighted by atomic mass is 9.94. The molecule has 0 radical (unpaired) electrons. The Balaban J connectivity index is 1.88. The number of aromatic nitrogens is 2. The minimum atomic E-state index is -1.05. The Morgan fingerprint density at radius 1 is 0.946 bits per heavy atom.